The zero-order chi connectivity index (χ0) is 15.2. The van der Waals surface area contributed by atoms with Crippen LogP contribution in [0.2, 0.25) is 0 Å². The van der Waals surface area contributed by atoms with Crippen molar-refractivity contribution in [3.8, 4) is 5.75 Å². The van der Waals surface area contributed by atoms with Gasteiger partial charge in [-0.05, 0) is 52.8 Å². The maximum absolute atomic E-state index is 5.89. The lowest BCUT2D eigenvalue weighted by atomic mass is 9.92. The summed E-state index contributed by atoms with van der Waals surface area (Å²) in [4.78, 5) is 4.29. The number of aromatic nitrogens is 1. The van der Waals surface area contributed by atoms with E-state index in [1.54, 1.807) is 6.20 Å². The van der Waals surface area contributed by atoms with Gasteiger partial charge in [0.25, 0.3) is 0 Å². The summed E-state index contributed by atoms with van der Waals surface area (Å²) in [6, 6.07) is 2.12. The van der Waals surface area contributed by atoms with Crippen molar-refractivity contribution in [2.24, 2.45) is 0 Å². The molecule has 20 heavy (non-hydrogen) atoms. The third-order valence-corrected chi connectivity index (χ3v) is 3.06. The Hall–Kier alpha value is -1.13. The zero-order valence-electron chi connectivity index (χ0n) is 13.6. The molecule has 1 aromatic heterocycles. The van der Waals surface area contributed by atoms with Crippen LogP contribution in [0.4, 0.5) is 0 Å². The number of hydrogen-bond donors (Lipinski definition) is 1. The molecule has 0 saturated carbocycles. The highest BCUT2D eigenvalue weighted by molar-refractivity contribution is 5.28. The highest BCUT2D eigenvalue weighted by Gasteiger charge is 2.31. The highest BCUT2D eigenvalue weighted by atomic mass is 16.5. The lowest BCUT2D eigenvalue weighted by Crippen LogP contribution is -2.41. The second-order valence-electron chi connectivity index (χ2n) is 5.65. The molecule has 4 nitrogen and oxygen atoms in total. The molecular formula is C16H28N2O2. The molecule has 0 radical (unpaired) electrons. The van der Waals surface area contributed by atoms with Gasteiger partial charge in [0.2, 0.25) is 0 Å². The van der Waals surface area contributed by atoms with Crippen molar-refractivity contribution in [1.29, 1.82) is 0 Å². The van der Waals surface area contributed by atoms with Gasteiger partial charge in [0.05, 0.1) is 23.9 Å². The van der Waals surface area contributed by atoms with Crippen molar-refractivity contribution in [2.75, 3.05) is 13.2 Å². The summed E-state index contributed by atoms with van der Waals surface area (Å²) in [6.45, 7) is 13.9. The van der Waals surface area contributed by atoms with Crippen LogP contribution in [0.5, 0.6) is 5.75 Å². The van der Waals surface area contributed by atoms with Crippen LogP contribution in [0.3, 0.4) is 0 Å². The van der Waals surface area contributed by atoms with E-state index in [0.717, 1.165) is 17.9 Å². The lowest BCUT2D eigenvalue weighted by molar-refractivity contribution is -0.0389. The molecule has 1 heterocycles. The van der Waals surface area contributed by atoms with E-state index in [-0.39, 0.29) is 17.7 Å². The molecule has 1 aromatic rings. The predicted octanol–water partition coefficient (Wildman–Crippen LogP) is 3.33. The smallest absolute Gasteiger partial charge is 0.138 e. The van der Waals surface area contributed by atoms with Crippen LogP contribution in [-0.2, 0) is 4.74 Å². The SMILES string of the molecule is CCNC(c1cncc(OC(C)C)c1)C(C)(C)OCC. The number of nitrogens with zero attached hydrogens (tertiary/aromatic N) is 1. The molecule has 0 aliphatic heterocycles. The molecule has 0 bridgehead atoms. The molecule has 0 spiro atoms. The molecule has 0 amide bonds. The largest absolute Gasteiger partial charge is 0.489 e. The molecule has 0 saturated heterocycles. The van der Waals surface area contributed by atoms with Crippen molar-refractivity contribution in [1.82, 2.24) is 10.3 Å². The van der Waals surface area contributed by atoms with Crippen LogP contribution in [0.15, 0.2) is 18.5 Å². The Labute approximate surface area is 122 Å². The van der Waals surface area contributed by atoms with Crippen LogP contribution in [0.25, 0.3) is 0 Å². The summed E-state index contributed by atoms with van der Waals surface area (Å²) >= 11 is 0. The molecule has 0 aliphatic rings. The van der Waals surface area contributed by atoms with Gasteiger partial charge in [0.1, 0.15) is 5.75 Å². The number of ether oxygens (including phenoxy) is 2. The second-order valence-corrected chi connectivity index (χ2v) is 5.65. The Bertz CT molecular complexity index is 405. The van der Waals surface area contributed by atoms with Crippen LogP contribution in [-0.4, -0.2) is 29.8 Å². The lowest BCUT2D eigenvalue weighted by Gasteiger charge is -2.35. The van der Waals surface area contributed by atoms with Gasteiger partial charge in [-0.25, -0.2) is 0 Å². The van der Waals surface area contributed by atoms with Crippen molar-refractivity contribution in [3.63, 3.8) is 0 Å². The van der Waals surface area contributed by atoms with Crippen LogP contribution >= 0.6 is 0 Å². The van der Waals surface area contributed by atoms with E-state index in [4.69, 9.17) is 9.47 Å². The first-order valence-electron chi connectivity index (χ1n) is 7.39. The Kier molecular flexibility index (Phi) is 6.43. The summed E-state index contributed by atoms with van der Waals surface area (Å²) in [5.41, 5.74) is 0.784. The minimum Gasteiger partial charge on any atom is -0.489 e. The number of pyridine rings is 1. The van der Waals surface area contributed by atoms with Gasteiger partial charge in [-0.1, -0.05) is 6.92 Å². The second kappa shape index (κ2) is 7.60. The summed E-state index contributed by atoms with van der Waals surface area (Å²) in [5.74, 6) is 0.799. The average Bonchev–Trinajstić information content (AvgIpc) is 2.35. The van der Waals surface area contributed by atoms with Gasteiger partial charge in [0.15, 0.2) is 0 Å². The summed E-state index contributed by atoms with van der Waals surface area (Å²) in [6.07, 6.45) is 3.77. The minimum absolute atomic E-state index is 0.0793. The van der Waals surface area contributed by atoms with E-state index in [1.807, 2.05) is 33.0 Å². The molecule has 1 rings (SSSR count). The first-order chi connectivity index (χ1) is 9.40. The van der Waals surface area contributed by atoms with E-state index < -0.39 is 0 Å². The van der Waals surface area contributed by atoms with Crippen molar-refractivity contribution < 1.29 is 9.47 Å². The van der Waals surface area contributed by atoms with Gasteiger partial charge < -0.3 is 14.8 Å². The van der Waals surface area contributed by atoms with Crippen LogP contribution in [0, 0.1) is 0 Å². The third kappa shape index (κ3) is 4.76. The van der Waals surface area contributed by atoms with Crippen molar-refractivity contribution >= 4 is 0 Å². The van der Waals surface area contributed by atoms with E-state index in [9.17, 15) is 0 Å². The first kappa shape index (κ1) is 16.9. The zero-order valence-corrected chi connectivity index (χ0v) is 13.6. The van der Waals surface area contributed by atoms with E-state index in [2.05, 4.69) is 31.1 Å². The van der Waals surface area contributed by atoms with Crippen LogP contribution < -0.4 is 10.1 Å². The van der Waals surface area contributed by atoms with Gasteiger partial charge >= 0.3 is 0 Å². The quantitative estimate of drug-likeness (QED) is 0.793. The molecule has 0 aromatic carbocycles. The van der Waals surface area contributed by atoms with Gasteiger partial charge in [-0.15, -0.1) is 0 Å². The fourth-order valence-corrected chi connectivity index (χ4v) is 2.35. The standard InChI is InChI=1S/C16H28N2O2/c1-7-18-15(16(5,6)19-8-2)13-9-14(11-17-10-13)20-12(3)4/h9-12,15,18H,7-8H2,1-6H3. The molecule has 0 fully saturated rings. The van der Waals surface area contributed by atoms with Crippen molar-refractivity contribution in [3.05, 3.63) is 24.0 Å². The monoisotopic (exact) mass is 280 g/mol. The Balaban J connectivity index is 3.02. The van der Waals surface area contributed by atoms with Gasteiger partial charge in [-0.2, -0.15) is 0 Å². The summed E-state index contributed by atoms with van der Waals surface area (Å²) < 4.78 is 11.6. The van der Waals surface area contributed by atoms with Crippen LogP contribution in [0.1, 0.15) is 53.1 Å². The Morgan fingerprint density at radius 3 is 2.50 bits per heavy atom. The average molecular weight is 280 g/mol. The van der Waals surface area contributed by atoms with Gasteiger partial charge in [0, 0.05) is 12.8 Å². The summed E-state index contributed by atoms with van der Waals surface area (Å²) in [7, 11) is 0. The fourth-order valence-electron chi connectivity index (χ4n) is 2.35. The third-order valence-electron chi connectivity index (χ3n) is 3.06. The predicted molar refractivity (Wildman–Crippen MR) is 82.1 cm³/mol. The molecule has 4 heteroatoms. The number of likely N-dealkylation sites (N-methyl/N-ethyl adjacent to an activating group) is 1. The highest BCUT2D eigenvalue weighted by Crippen LogP contribution is 2.30. The number of hydrogen-bond acceptors (Lipinski definition) is 4. The minimum atomic E-state index is -0.303. The van der Waals surface area contributed by atoms with E-state index >= 15 is 0 Å². The number of nitrogens with one attached hydrogen (secondary N) is 1. The molecule has 1 N–H and O–H groups in total. The normalized spacial score (nSPS) is 13.6. The van der Waals surface area contributed by atoms with E-state index in [0.29, 0.717) is 6.61 Å². The maximum atomic E-state index is 5.89. The van der Waals surface area contributed by atoms with Crippen molar-refractivity contribution in [2.45, 2.75) is 59.3 Å². The maximum Gasteiger partial charge on any atom is 0.138 e. The summed E-state index contributed by atoms with van der Waals surface area (Å²) in [5, 5.41) is 3.48. The Morgan fingerprint density at radius 1 is 1.25 bits per heavy atom. The molecular weight excluding hydrogens is 252 g/mol. The Morgan fingerprint density at radius 2 is 1.95 bits per heavy atom. The topological polar surface area (TPSA) is 43.4 Å². The van der Waals surface area contributed by atoms with Gasteiger partial charge in [-0.3, -0.25) is 4.98 Å². The first-order valence-corrected chi connectivity index (χ1v) is 7.39. The number of rotatable bonds is 8. The molecule has 0 aliphatic carbocycles. The molecule has 1 unspecified atom stereocenters. The molecule has 114 valence electrons. The van der Waals surface area contributed by atoms with E-state index in [1.165, 1.54) is 0 Å². The fraction of sp³-hybridized carbons (Fsp3) is 0.688. The molecule has 1 atom stereocenters.